The van der Waals surface area contributed by atoms with E-state index in [-0.39, 0.29) is 0 Å². The zero-order valence-electron chi connectivity index (χ0n) is 10.7. The number of hydrogen-bond acceptors (Lipinski definition) is 3. The third-order valence-corrected chi connectivity index (χ3v) is 3.18. The van der Waals surface area contributed by atoms with Crippen molar-refractivity contribution in [1.29, 1.82) is 0 Å². The van der Waals surface area contributed by atoms with Crippen LogP contribution in [0, 0.1) is 11.6 Å². The fraction of sp³-hybridized carbons (Fsp3) is 0.462. The van der Waals surface area contributed by atoms with Crippen LogP contribution in [-0.2, 0) is 9.53 Å². The van der Waals surface area contributed by atoms with E-state index in [1.165, 1.54) is 6.07 Å². The molecule has 1 atom stereocenters. The Labute approximate surface area is 110 Å². The molecule has 1 saturated heterocycles. The van der Waals surface area contributed by atoms with Gasteiger partial charge in [0.05, 0.1) is 19.3 Å². The van der Waals surface area contributed by atoms with Crippen LogP contribution in [0.1, 0.15) is 6.92 Å². The van der Waals surface area contributed by atoms with E-state index in [1.807, 2.05) is 4.90 Å². The van der Waals surface area contributed by atoms with Crippen molar-refractivity contribution in [2.45, 2.75) is 13.0 Å². The van der Waals surface area contributed by atoms with Gasteiger partial charge in [0.15, 0.2) is 0 Å². The van der Waals surface area contributed by atoms with E-state index in [4.69, 9.17) is 4.74 Å². The van der Waals surface area contributed by atoms with Gasteiger partial charge >= 0.3 is 0 Å². The standard InChI is InChI=1S/C13H16F2N2O2/c1-9(17-5-7-19-8-6-17)13(18)16-12-10(14)3-2-4-11(12)15/h2-4,9H,5-8H2,1H3,(H,16,18)/t9-/m1/s1. The summed E-state index contributed by atoms with van der Waals surface area (Å²) in [5.74, 6) is -1.98. The number of nitrogens with zero attached hydrogens (tertiary/aromatic N) is 1. The van der Waals surface area contributed by atoms with Crippen LogP contribution in [0.3, 0.4) is 0 Å². The highest BCUT2D eigenvalue weighted by Gasteiger charge is 2.24. The molecule has 0 aliphatic carbocycles. The number of anilines is 1. The van der Waals surface area contributed by atoms with Gasteiger partial charge in [0.25, 0.3) is 0 Å². The van der Waals surface area contributed by atoms with Gasteiger partial charge in [0.1, 0.15) is 17.3 Å². The van der Waals surface area contributed by atoms with Crippen molar-refractivity contribution in [3.63, 3.8) is 0 Å². The molecular formula is C13H16F2N2O2. The van der Waals surface area contributed by atoms with Crippen LogP contribution in [-0.4, -0.2) is 43.2 Å². The van der Waals surface area contributed by atoms with Gasteiger partial charge in [-0.1, -0.05) is 6.07 Å². The van der Waals surface area contributed by atoms with Gasteiger partial charge in [-0.2, -0.15) is 0 Å². The van der Waals surface area contributed by atoms with Crippen LogP contribution in [0.25, 0.3) is 0 Å². The lowest BCUT2D eigenvalue weighted by Gasteiger charge is -2.31. The van der Waals surface area contributed by atoms with Gasteiger partial charge in [0, 0.05) is 13.1 Å². The molecule has 6 heteroatoms. The summed E-state index contributed by atoms with van der Waals surface area (Å²) < 4.78 is 32.0. The molecule has 104 valence electrons. The monoisotopic (exact) mass is 270 g/mol. The molecule has 0 radical (unpaired) electrons. The Morgan fingerprint density at radius 3 is 2.47 bits per heavy atom. The average Bonchev–Trinajstić information content (AvgIpc) is 2.43. The Hall–Kier alpha value is -1.53. The molecule has 0 unspecified atom stereocenters. The first-order valence-electron chi connectivity index (χ1n) is 6.16. The molecular weight excluding hydrogens is 254 g/mol. The lowest BCUT2D eigenvalue weighted by molar-refractivity contribution is -0.122. The summed E-state index contributed by atoms with van der Waals surface area (Å²) in [4.78, 5) is 13.9. The van der Waals surface area contributed by atoms with Crippen molar-refractivity contribution >= 4 is 11.6 Å². The van der Waals surface area contributed by atoms with Gasteiger partial charge < -0.3 is 10.1 Å². The topological polar surface area (TPSA) is 41.6 Å². The van der Waals surface area contributed by atoms with Crippen molar-refractivity contribution in [3.8, 4) is 0 Å². The molecule has 1 aliphatic rings. The van der Waals surface area contributed by atoms with E-state index < -0.39 is 29.3 Å². The normalized spacial score (nSPS) is 18.1. The van der Waals surface area contributed by atoms with E-state index in [0.717, 1.165) is 12.1 Å². The van der Waals surface area contributed by atoms with E-state index in [0.29, 0.717) is 26.3 Å². The molecule has 0 spiro atoms. The second kappa shape index (κ2) is 6.08. The summed E-state index contributed by atoms with van der Waals surface area (Å²) >= 11 is 0. The smallest absolute Gasteiger partial charge is 0.241 e. The number of benzene rings is 1. The van der Waals surface area contributed by atoms with Crippen LogP contribution in [0.5, 0.6) is 0 Å². The predicted molar refractivity (Wildman–Crippen MR) is 66.8 cm³/mol. The quantitative estimate of drug-likeness (QED) is 0.907. The first-order chi connectivity index (χ1) is 9.09. The summed E-state index contributed by atoms with van der Waals surface area (Å²) in [5, 5.41) is 2.30. The summed E-state index contributed by atoms with van der Waals surface area (Å²) in [6.45, 7) is 4.10. The zero-order valence-corrected chi connectivity index (χ0v) is 10.7. The van der Waals surface area contributed by atoms with E-state index in [9.17, 15) is 13.6 Å². The molecule has 1 aromatic rings. The maximum atomic E-state index is 13.4. The van der Waals surface area contributed by atoms with Gasteiger partial charge in [-0.15, -0.1) is 0 Å². The van der Waals surface area contributed by atoms with E-state index in [2.05, 4.69) is 5.32 Å². The number of para-hydroxylation sites is 1. The van der Waals surface area contributed by atoms with Crippen LogP contribution >= 0.6 is 0 Å². The number of nitrogens with one attached hydrogen (secondary N) is 1. The maximum Gasteiger partial charge on any atom is 0.241 e. The first-order valence-corrected chi connectivity index (χ1v) is 6.16. The number of ether oxygens (including phenoxy) is 1. The van der Waals surface area contributed by atoms with Crippen LogP contribution in [0.2, 0.25) is 0 Å². The highest BCUT2D eigenvalue weighted by atomic mass is 19.1. The molecule has 4 nitrogen and oxygen atoms in total. The van der Waals surface area contributed by atoms with Gasteiger partial charge in [-0.3, -0.25) is 9.69 Å². The second-order valence-corrected chi connectivity index (χ2v) is 4.41. The van der Waals surface area contributed by atoms with E-state index >= 15 is 0 Å². The first kappa shape index (κ1) is 13.9. The Kier molecular flexibility index (Phi) is 4.44. The highest BCUT2D eigenvalue weighted by Crippen LogP contribution is 2.18. The third kappa shape index (κ3) is 3.27. The lowest BCUT2D eigenvalue weighted by atomic mass is 10.2. The molecule has 1 aromatic carbocycles. The van der Waals surface area contributed by atoms with Gasteiger partial charge in [-0.25, -0.2) is 8.78 Å². The third-order valence-electron chi connectivity index (χ3n) is 3.18. The number of carbonyl (C=O) groups excluding carboxylic acids is 1. The Morgan fingerprint density at radius 1 is 1.32 bits per heavy atom. The molecule has 1 amide bonds. The van der Waals surface area contributed by atoms with Crippen molar-refractivity contribution in [3.05, 3.63) is 29.8 Å². The summed E-state index contributed by atoms with van der Waals surface area (Å²) in [7, 11) is 0. The number of carbonyl (C=O) groups is 1. The molecule has 2 rings (SSSR count). The number of amides is 1. The van der Waals surface area contributed by atoms with Crippen molar-refractivity contribution < 1.29 is 18.3 Å². The average molecular weight is 270 g/mol. The fourth-order valence-electron chi connectivity index (χ4n) is 1.98. The minimum Gasteiger partial charge on any atom is -0.379 e. The molecule has 1 heterocycles. The van der Waals surface area contributed by atoms with Crippen LogP contribution in [0.15, 0.2) is 18.2 Å². The zero-order chi connectivity index (χ0) is 13.8. The molecule has 1 N–H and O–H groups in total. The van der Waals surface area contributed by atoms with Gasteiger partial charge in [0.2, 0.25) is 5.91 Å². The van der Waals surface area contributed by atoms with Gasteiger partial charge in [-0.05, 0) is 19.1 Å². The molecule has 0 bridgehead atoms. The number of morpholine rings is 1. The molecule has 0 aromatic heterocycles. The summed E-state index contributed by atoms with van der Waals surface area (Å²) in [5.41, 5.74) is -0.396. The molecule has 1 aliphatic heterocycles. The predicted octanol–water partition coefficient (Wildman–Crippen LogP) is 1.62. The minimum atomic E-state index is -0.775. The Morgan fingerprint density at radius 2 is 1.89 bits per heavy atom. The largest absolute Gasteiger partial charge is 0.379 e. The number of hydrogen-bond donors (Lipinski definition) is 1. The lowest BCUT2D eigenvalue weighted by Crippen LogP contribution is -2.47. The summed E-state index contributed by atoms with van der Waals surface area (Å²) in [6, 6.07) is 3.02. The fourth-order valence-corrected chi connectivity index (χ4v) is 1.98. The van der Waals surface area contributed by atoms with Crippen LogP contribution in [0.4, 0.5) is 14.5 Å². The molecule has 19 heavy (non-hydrogen) atoms. The second-order valence-electron chi connectivity index (χ2n) is 4.41. The number of rotatable bonds is 3. The molecule has 1 fully saturated rings. The maximum absolute atomic E-state index is 13.4. The van der Waals surface area contributed by atoms with Crippen molar-refractivity contribution in [2.24, 2.45) is 0 Å². The molecule has 0 saturated carbocycles. The SMILES string of the molecule is C[C@H](C(=O)Nc1c(F)cccc1F)N1CCOCC1. The Bertz CT molecular complexity index is 442. The highest BCUT2D eigenvalue weighted by molar-refractivity contribution is 5.94. The minimum absolute atomic E-state index is 0.396. The summed E-state index contributed by atoms with van der Waals surface area (Å²) in [6.07, 6.45) is 0. The van der Waals surface area contributed by atoms with Crippen LogP contribution < -0.4 is 5.32 Å². The van der Waals surface area contributed by atoms with Crippen molar-refractivity contribution in [1.82, 2.24) is 4.90 Å². The van der Waals surface area contributed by atoms with Crippen molar-refractivity contribution in [2.75, 3.05) is 31.6 Å². The number of halogens is 2. The Balaban J connectivity index is 2.04. The van der Waals surface area contributed by atoms with E-state index in [1.54, 1.807) is 6.92 Å².